The summed E-state index contributed by atoms with van der Waals surface area (Å²) >= 11 is 0. The fourth-order valence-electron chi connectivity index (χ4n) is 0.393. The van der Waals surface area contributed by atoms with Crippen LogP contribution in [-0.2, 0) is 0 Å². The molecule has 0 aliphatic heterocycles. The number of aromatic nitrogens is 1. The second kappa shape index (κ2) is 2.95. The highest BCUT2D eigenvalue weighted by molar-refractivity contribution is 8.21. The van der Waals surface area contributed by atoms with E-state index in [0.29, 0.717) is 0 Å². The zero-order chi connectivity index (χ0) is 5.82. The summed E-state index contributed by atoms with van der Waals surface area (Å²) < 4.78 is 0. The number of pyridine rings is 1. The summed E-state index contributed by atoms with van der Waals surface area (Å²) in [5, 5.41) is 0. The zero-order valence-electron chi connectivity index (χ0n) is 4.04. The van der Waals surface area contributed by atoms with E-state index >= 15 is 0 Å². The third kappa shape index (κ3) is 1.39. The van der Waals surface area contributed by atoms with Crippen LogP contribution < -0.4 is 0 Å². The van der Waals surface area contributed by atoms with Crippen LogP contribution in [0, 0.1) is 0 Å². The molecule has 8 heavy (non-hydrogen) atoms. The first-order valence-electron chi connectivity index (χ1n) is 2.12. The summed E-state index contributed by atoms with van der Waals surface area (Å²) in [6, 6.07) is 3.76. The van der Waals surface area contributed by atoms with Gasteiger partial charge in [-0.25, -0.2) is 0 Å². The summed E-state index contributed by atoms with van der Waals surface area (Å²) in [6.07, 6.45) is 3.44. The SMILES string of the molecule is ClSc1cccnc1. The van der Waals surface area contributed by atoms with E-state index in [-0.39, 0.29) is 0 Å². The summed E-state index contributed by atoms with van der Waals surface area (Å²) in [5.41, 5.74) is 0. The van der Waals surface area contributed by atoms with Crippen molar-refractivity contribution in [2.24, 2.45) is 0 Å². The predicted octanol–water partition coefficient (Wildman–Crippen LogP) is 2.33. The monoisotopic (exact) mass is 145 g/mol. The largest absolute Gasteiger partial charge is 0.264 e. The van der Waals surface area contributed by atoms with Gasteiger partial charge in [-0.1, -0.05) is 0 Å². The van der Waals surface area contributed by atoms with Crippen molar-refractivity contribution >= 4 is 21.7 Å². The number of hydrogen-bond donors (Lipinski definition) is 0. The summed E-state index contributed by atoms with van der Waals surface area (Å²) in [4.78, 5) is 4.83. The Bertz CT molecular complexity index is 154. The van der Waals surface area contributed by atoms with Gasteiger partial charge in [-0.2, -0.15) is 0 Å². The maximum atomic E-state index is 5.40. The molecule has 0 saturated carbocycles. The van der Waals surface area contributed by atoms with Crippen molar-refractivity contribution in [2.75, 3.05) is 0 Å². The highest BCUT2D eigenvalue weighted by Gasteiger charge is 1.84. The molecule has 1 aromatic rings. The number of rotatable bonds is 1. The van der Waals surface area contributed by atoms with Crippen molar-refractivity contribution in [3.8, 4) is 0 Å². The van der Waals surface area contributed by atoms with Crippen molar-refractivity contribution in [2.45, 2.75) is 4.90 Å². The van der Waals surface area contributed by atoms with Crippen molar-refractivity contribution < 1.29 is 0 Å². The van der Waals surface area contributed by atoms with E-state index in [1.807, 2.05) is 12.1 Å². The smallest absolute Gasteiger partial charge is 0.0416 e. The first kappa shape index (κ1) is 5.92. The molecule has 0 aliphatic carbocycles. The highest BCUT2D eigenvalue weighted by atomic mass is 35.7. The molecule has 0 aromatic carbocycles. The van der Waals surface area contributed by atoms with Gasteiger partial charge in [-0.15, -0.1) is 0 Å². The maximum Gasteiger partial charge on any atom is 0.0416 e. The van der Waals surface area contributed by atoms with E-state index in [0.717, 1.165) is 4.90 Å². The summed E-state index contributed by atoms with van der Waals surface area (Å²) in [6.45, 7) is 0. The Balaban J connectivity index is 2.83. The fraction of sp³-hybridized carbons (Fsp3) is 0. The lowest BCUT2D eigenvalue weighted by atomic mass is 10.5. The molecule has 0 spiro atoms. The van der Waals surface area contributed by atoms with Crippen LogP contribution in [0.1, 0.15) is 0 Å². The first-order valence-corrected chi connectivity index (χ1v) is 3.76. The van der Waals surface area contributed by atoms with Crippen molar-refractivity contribution in [1.82, 2.24) is 4.98 Å². The van der Waals surface area contributed by atoms with Gasteiger partial charge in [0.25, 0.3) is 0 Å². The minimum absolute atomic E-state index is 0.981. The van der Waals surface area contributed by atoms with Crippen LogP contribution in [0.2, 0.25) is 0 Å². The molecule has 1 nitrogen and oxygen atoms in total. The Hall–Kier alpha value is -0.210. The summed E-state index contributed by atoms with van der Waals surface area (Å²) in [7, 11) is 6.58. The van der Waals surface area contributed by atoms with Gasteiger partial charge in [-0.3, -0.25) is 4.98 Å². The number of nitrogens with zero attached hydrogens (tertiary/aromatic N) is 1. The topological polar surface area (TPSA) is 12.9 Å². The molecule has 1 heterocycles. The Morgan fingerprint density at radius 1 is 1.62 bits per heavy atom. The molecule has 0 radical (unpaired) electrons. The van der Waals surface area contributed by atoms with Gasteiger partial charge in [0.2, 0.25) is 0 Å². The van der Waals surface area contributed by atoms with E-state index in [4.69, 9.17) is 10.7 Å². The molecule has 0 N–H and O–H groups in total. The van der Waals surface area contributed by atoms with E-state index in [1.54, 1.807) is 12.4 Å². The van der Waals surface area contributed by atoms with Crippen LogP contribution in [0.3, 0.4) is 0 Å². The third-order valence-electron chi connectivity index (χ3n) is 0.723. The van der Waals surface area contributed by atoms with Gasteiger partial charge in [-0.05, 0) is 33.8 Å². The Kier molecular flexibility index (Phi) is 2.18. The quantitative estimate of drug-likeness (QED) is 0.602. The molecule has 0 atom stereocenters. The average molecular weight is 146 g/mol. The second-order valence-electron chi connectivity index (χ2n) is 1.27. The van der Waals surface area contributed by atoms with Crippen LogP contribution in [0.15, 0.2) is 29.4 Å². The third-order valence-corrected chi connectivity index (χ3v) is 1.68. The maximum absolute atomic E-state index is 5.40. The van der Waals surface area contributed by atoms with Crippen LogP contribution in [-0.4, -0.2) is 4.98 Å². The molecule has 42 valence electrons. The molecule has 0 aliphatic rings. The molecule has 1 aromatic heterocycles. The Morgan fingerprint density at radius 2 is 2.50 bits per heavy atom. The molecule has 0 amide bonds. The fourth-order valence-corrected chi connectivity index (χ4v) is 0.897. The molecule has 0 bridgehead atoms. The zero-order valence-corrected chi connectivity index (χ0v) is 5.62. The van der Waals surface area contributed by atoms with Gasteiger partial charge in [0.15, 0.2) is 0 Å². The lowest BCUT2D eigenvalue weighted by Gasteiger charge is -1.86. The molecule has 1 rings (SSSR count). The van der Waals surface area contributed by atoms with E-state index in [9.17, 15) is 0 Å². The summed E-state index contributed by atoms with van der Waals surface area (Å²) in [5.74, 6) is 0. The van der Waals surface area contributed by atoms with Gasteiger partial charge in [0, 0.05) is 17.3 Å². The standard InChI is InChI=1S/C5H4ClNS/c6-8-5-2-1-3-7-4-5/h1-4H. The Morgan fingerprint density at radius 3 is 2.88 bits per heavy atom. The van der Waals surface area contributed by atoms with Gasteiger partial charge in [0.05, 0.1) is 0 Å². The normalized spacial score (nSPS) is 9.12. The van der Waals surface area contributed by atoms with Gasteiger partial charge < -0.3 is 0 Å². The minimum atomic E-state index is 0.981. The van der Waals surface area contributed by atoms with Crippen LogP contribution in [0.4, 0.5) is 0 Å². The highest BCUT2D eigenvalue weighted by Crippen LogP contribution is 2.18. The molecule has 0 fully saturated rings. The molecular weight excluding hydrogens is 142 g/mol. The van der Waals surface area contributed by atoms with E-state index in [1.165, 1.54) is 11.0 Å². The molecule has 0 saturated heterocycles. The molecular formula is C5H4ClNS. The van der Waals surface area contributed by atoms with Gasteiger partial charge >= 0.3 is 0 Å². The minimum Gasteiger partial charge on any atom is -0.264 e. The number of hydrogen-bond acceptors (Lipinski definition) is 2. The Labute approximate surface area is 56.6 Å². The lowest BCUT2D eigenvalue weighted by Crippen LogP contribution is -1.67. The van der Waals surface area contributed by atoms with Gasteiger partial charge in [0.1, 0.15) is 0 Å². The second-order valence-corrected chi connectivity index (χ2v) is 2.35. The van der Waals surface area contributed by atoms with E-state index < -0.39 is 0 Å². The van der Waals surface area contributed by atoms with Crippen molar-refractivity contribution in [3.63, 3.8) is 0 Å². The lowest BCUT2D eigenvalue weighted by molar-refractivity contribution is 1.24. The number of halogens is 1. The predicted molar refractivity (Wildman–Crippen MR) is 35.9 cm³/mol. The van der Waals surface area contributed by atoms with Crippen molar-refractivity contribution in [1.29, 1.82) is 0 Å². The van der Waals surface area contributed by atoms with E-state index in [2.05, 4.69) is 4.98 Å². The van der Waals surface area contributed by atoms with Crippen LogP contribution >= 0.6 is 21.7 Å². The molecule has 0 unspecified atom stereocenters. The van der Waals surface area contributed by atoms with Crippen molar-refractivity contribution in [3.05, 3.63) is 24.5 Å². The van der Waals surface area contributed by atoms with Crippen LogP contribution in [0.5, 0.6) is 0 Å². The van der Waals surface area contributed by atoms with Crippen LogP contribution in [0.25, 0.3) is 0 Å². The molecule has 3 heteroatoms. The first-order chi connectivity index (χ1) is 3.93. The average Bonchev–Trinajstić information content (AvgIpc) is 1.90.